The first-order valence-electron chi connectivity index (χ1n) is 10.5. The molecule has 160 valence electrons. The van der Waals surface area contributed by atoms with Gasteiger partial charge in [-0.3, -0.25) is 4.79 Å². The Kier molecular flexibility index (Phi) is 5.95. The van der Waals surface area contributed by atoms with Crippen LogP contribution in [0.3, 0.4) is 0 Å². The van der Waals surface area contributed by atoms with Crippen molar-refractivity contribution in [1.29, 1.82) is 0 Å². The van der Waals surface area contributed by atoms with Crippen molar-refractivity contribution >= 4 is 15.9 Å². The number of carbonyl (C=O) groups is 1. The van der Waals surface area contributed by atoms with Crippen molar-refractivity contribution in [2.45, 2.75) is 37.9 Å². The van der Waals surface area contributed by atoms with Gasteiger partial charge in [-0.1, -0.05) is 12.1 Å². The van der Waals surface area contributed by atoms with Crippen LogP contribution in [-0.4, -0.2) is 62.9 Å². The van der Waals surface area contributed by atoms with E-state index >= 15 is 0 Å². The molecule has 2 aliphatic heterocycles. The molecule has 2 heterocycles. The largest absolute Gasteiger partial charge is 0.378 e. The molecule has 1 amide bonds. The van der Waals surface area contributed by atoms with Gasteiger partial charge in [0.05, 0.1) is 19.0 Å². The highest BCUT2D eigenvalue weighted by Gasteiger charge is 2.50. The summed E-state index contributed by atoms with van der Waals surface area (Å²) in [4.78, 5) is 14.5. The molecule has 2 saturated heterocycles. The molecule has 1 aromatic carbocycles. The van der Waals surface area contributed by atoms with E-state index in [1.54, 1.807) is 10.4 Å². The van der Waals surface area contributed by atoms with Crippen molar-refractivity contribution in [2.75, 3.05) is 39.4 Å². The third kappa shape index (κ3) is 4.49. The Hall–Kier alpha value is -1.51. The molecule has 1 aromatic rings. The molecule has 1 spiro atoms. The van der Waals surface area contributed by atoms with Crippen LogP contribution >= 0.6 is 0 Å². The summed E-state index contributed by atoms with van der Waals surface area (Å²) in [5.74, 6) is -0.0292. The first-order valence-corrected chi connectivity index (χ1v) is 12.1. The van der Waals surface area contributed by atoms with E-state index in [0.29, 0.717) is 57.3 Å². The number of morpholine rings is 1. The second-order valence-electron chi connectivity index (χ2n) is 8.58. The molecule has 0 aromatic heterocycles. The second kappa shape index (κ2) is 8.32. The van der Waals surface area contributed by atoms with Gasteiger partial charge >= 0.3 is 0 Å². The molecule has 1 saturated carbocycles. The number of benzene rings is 1. The molecule has 1 atom stereocenters. The highest BCUT2D eigenvalue weighted by atomic mass is 32.2. The average Bonchev–Trinajstić information content (AvgIpc) is 2.71. The number of carbonyl (C=O) groups excluding carboxylic acids is 1. The molecule has 0 N–H and O–H groups in total. The minimum absolute atomic E-state index is 0.104. The van der Waals surface area contributed by atoms with Gasteiger partial charge in [-0.25, -0.2) is 17.1 Å². The summed E-state index contributed by atoms with van der Waals surface area (Å²) in [7, 11) is -3.47. The summed E-state index contributed by atoms with van der Waals surface area (Å²) in [5.41, 5.74) is 0.579. The van der Waals surface area contributed by atoms with Crippen LogP contribution in [0.1, 0.15) is 37.7 Å². The van der Waals surface area contributed by atoms with Gasteiger partial charge in [-0.15, -0.1) is 0 Å². The summed E-state index contributed by atoms with van der Waals surface area (Å²) in [6.07, 6.45) is 4.29. The number of sulfonamides is 1. The first-order chi connectivity index (χ1) is 13.9. The molecule has 1 unspecified atom stereocenters. The van der Waals surface area contributed by atoms with E-state index < -0.39 is 15.8 Å². The van der Waals surface area contributed by atoms with Gasteiger partial charge in [0.15, 0.2) is 0 Å². The Morgan fingerprint density at radius 3 is 2.48 bits per heavy atom. The number of rotatable bonds is 5. The third-order valence-electron chi connectivity index (χ3n) is 6.99. The standard InChI is InChI=1S/C21H29FN2O4S/c22-19-3-1-2-17(14-19)16-29(26,27)24-8-6-21(7-9-24)5-4-18(21)15-20(25)23-10-12-28-13-11-23/h1-3,14,18H,4-13,15-16H2. The zero-order valence-corrected chi connectivity index (χ0v) is 17.5. The molecular weight excluding hydrogens is 395 g/mol. The molecule has 8 heteroatoms. The lowest BCUT2D eigenvalue weighted by Gasteiger charge is -2.54. The van der Waals surface area contributed by atoms with Crippen molar-refractivity contribution in [3.05, 3.63) is 35.6 Å². The Labute approximate surface area is 172 Å². The van der Waals surface area contributed by atoms with Crippen LogP contribution in [-0.2, 0) is 25.3 Å². The number of piperidine rings is 1. The maximum absolute atomic E-state index is 13.4. The minimum Gasteiger partial charge on any atom is -0.378 e. The predicted molar refractivity (Wildman–Crippen MR) is 107 cm³/mol. The molecule has 6 nitrogen and oxygen atoms in total. The highest BCUT2D eigenvalue weighted by Crippen LogP contribution is 2.55. The lowest BCUT2D eigenvalue weighted by molar-refractivity contribution is -0.140. The van der Waals surface area contributed by atoms with Crippen LogP contribution in [0.5, 0.6) is 0 Å². The number of nitrogens with zero attached hydrogens (tertiary/aromatic N) is 2. The van der Waals surface area contributed by atoms with Crippen molar-refractivity contribution in [2.24, 2.45) is 11.3 Å². The Morgan fingerprint density at radius 2 is 1.86 bits per heavy atom. The number of hydrogen-bond acceptors (Lipinski definition) is 4. The summed E-state index contributed by atoms with van der Waals surface area (Å²) in [6.45, 7) is 3.54. The van der Waals surface area contributed by atoms with Gasteiger partial charge in [-0.2, -0.15) is 0 Å². The lowest BCUT2D eigenvalue weighted by Crippen LogP contribution is -2.52. The van der Waals surface area contributed by atoms with E-state index in [0.717, 1.165) is 25.7 Å². The normalized spacial score (nSPS) is 25.0. The number of ether oxygens (including phenoxy) is 1. The topological polar surface area (TPSA) is 66.9 Å². The quantitative estimate of drug-likeness (QED) is 0.728. The zero-order chi connectivity index (χ0) is 20.5. The fourth-order valence-electron chi connectivity index (χ4n) is 5.02. The van der Waals surface area contributed by atoms with Gasteiger partial charge in [0, 0.05) is 32.6 Å². The average molecular weight is 425 g/mol. The van der Waals surface area contributed by atoms with Gasteiger partial charge in [0.1, 0.15) is 5.82 Å². The number of halogens is 1. The van der Waals surface area contributed by atoms with Gasteiger partial charge < -0.3 is 9.64 Å². The molecule has 29 heavy (non-hydrogen) atoms. The third-order valence-corrected chi connectivity index (χ3v) is 8.84. The van der Waals surface area contributed by atoms with E-state index in [1.807, 2.05) is 4.90 Å². The summed E-state index contributed by atoms with van der Waals surface area (Å²) in [6, 6.07) is 5.78. The highest BCUT2D eigenvalue weighted by molar-refractivity contribution is 7.88. The molecule has 1 aliphatic carbocycles. The van der Waals surface area contributed by atoms with Crippen molar-refractivity contribution in [1.82, 2.24) is 9.21 Å². The van der Waals surface area contributed by atoms with Crippen LogP contribution in [0.15, 0.2) is 24.3 Å². The Balaban J connectivity index is 1.33. The second-order valence-corrected chi connectivity index (χ2v) is 10.5. The number of hydrogen-bond donors (Lipinski definition) is 0. The molecule has 0 bridgehead atoms. The minimum atomic E-state index is -3.47. The molecule has 3 aliphatic rings. The smallest absolute Gasteiger partial charge is 0.223 e. The molecular formula is C21H29FN2O4S. The zero-order valence-electron chi connectivity index (χ0n) is 16.7. The lowest BCUT2D eigenvalue weighted by atomic mass is 9.55. The Morgan fingerprint density at radius 1 is 1.14 bits per heavy atom. The summed E-state index contributed by atoms with van der Waals surface area (Å²) in [5, 5.41) is 0. The van der Waals surface area contributed by atoms with E-state index in [4.69, 9.17) is 4.74 Å². The van der Waals surface area contributed by atoms with E-state index in [9.17, 15) is 17.6 Å². The van der Waals surface area contributed by atoms with E-state index in [2.05, 4.69) is 0 Å². The predicted octanol–water partition coefficient (Wildman–Crippen LogP) is 2.40. The SMILES string of the molecule is O=C(CC1CCC12CCN(S(=O)(=O)Cc1cccc(F)c1)CC2)N1CCOCC1. The fraction of sp³-hybridized carbons (Fsp3) is 0.667. The van der Waals surface area contributed by atoms with Crippen molar-refractivity contribution in [3.8, 4) is 0 Å². The molecule has 3 fully saturated rings. The summed E-state index contributed by atoms with van der Waals surface area (Å²) < 4.78 is 45.8. The van der Waals surface area contributed by atoms with Crippen LogP contribution in [0.25, 0.3) is 0 Å². The maximum atomic E-state index is 13.4. The monoisotopic (exact) mass is 424 g/mol. The van der Waals surface area contributed by atoms with E-state index in [1.165, 1.54) is 18.2 Å². The van der Waals surface area contributed by atoms with Crippen molar-refractivity contribution < 1.29 is 22.3 Å². The van der Waals surface area contributed by atoms with Gasteiger partial charge in [0.2, 0.25) is 15.9 Å². The fourth-order valence-corrected chi connectivity index (χ4v) is 6.55. The number of amides is 1. The molecule has 0 radical (unpaired) electrons. The van der Waals surface area contributed by atoms with Crippen LogP contribution in [0.2, 0.25) is 0 Å². The van der Waals surface area contributed by atoms with Gasteiger partial charge in [-0.05, 0) is 54.7 Å². The van der Waals surface area contributed by atoms with Crippen LogP contribution in [0, 0.1) is 17.2 Å². The summed E-state index contributed by atoms with van der Waals surface area (Å²) >= 11 is 0. The van der Waals surface area contributed by atoms with Crippen LogP contribution < -0.4 is 0 Å². The molecule has 4 rings (SSSR count). The van der Waals surface area contributed by atoms with E-state index in [-0.39, 0.29) is 17.1 Å². The van der Waals surface area contributed by atoms with Crippen molar-refractivity contribution in [3.63, 3.8) is 0 Å². The Bertz CT molecular complexity index is 846. The van der Waals surface area contributed by atoms with Gasteiger partial charge in [0.25, 0.3) is 0 Å². The first kappa shape index (κ1) is 20.8. The maximum Gasteiger partial charge on any atom is 0.223 e. The van der Waals surface area contributed by atoms with Crippen LogP contribution in [0.4, 0.5) is 4.39 Å².